The van der Waals surface area contributed by atoms with Crippen LogP contribution in [0, 0.1) is 5.41 Å². The van der Waals surface area contributed by atoms with Gasteiger partial charge in [0.15, 0.2) is 0 Å². The molecule has 1 N–H and O–H groups in total. The molecule has 0 saturated heterocycles. The first-order chi connectivity index (χ1) is 12.9. The zero-order chi connectivity index (χ0) is 20.4. The van der Waals surface area contributed by atoms with Crippen molar-refractivity contribution in [3.8, 4) is 0 Å². The van der Waals surface area contributed by atoms with E-state index in [0.29, 0.717) is 0 Å². The third-order valence-electron chi connectivity index (χ3n) is 4.68. The van der Waals surface area contributed by atoms with E-state index in [1.54, 1.807) is 0 Å². The molecule has 0 unspecified atom stereocenters. The molecule has 2 heteroatoms. The molecular formula is C25H35NO. The van der Waals surface area contributed by atoms with E-state index in [0.717, 1.165) is 37.2 Å². The predicted octanol–water partition coefficient (Wildman–Crippen LogP) is 6.87. The SMILES string of the molecule is C=C.C=C(O)c1ccc(CCC2=CC(C)(C)C=CC=C2)cc1N(CC)CC. The Kier molecular flexibility index (Phi) is 8.87. The minimum Gasteiger partial charge on any atom is -0.508 e. The van der Waals surface area contributed by atoms with E-state index < -0.39 is 0 Å². The second-order valence-electron chi connectivity index (χ2n) is 7.23. The number of allylic oxidation sites excluding steroid dienone is 6. The average Bonchev–Trinajstić information content (AvgIpc) is 2.82. The van der Waals surface area contributed by atoms with Gasteiger partial charge in [-0.25, -0.2) is 0 Å². The van der Waals surface area contributed by atoms with Gasteiger partial charge in [0.2, 0.25) is 0 Å². The lowest BCUT2D eigenvalue weighted by Gasteiger charge is -2.24. The van der Waals surface area contributed by atoms with Gasteiger partial charge in [-0.1, -0.05) is 62.4 Å². The van der Waals surface area contributed by atoms with Gasteiger partial charge in [-0.05, 0) is 44.4 Å². The van der Waals surface area contributed by atoms with Gasteiger partial charge in [0.1, 0.15) is 5.76 Å². The molecule has 0 heterocycles. The van der Waals surface area contributed by atoms with Crippen LogP contribution in [0.2, 0.25) is 0 Å². The van der Waals surface area contributed by atoms with Crippen LogP contribution in [0.15, 0.2) is 73.9 Å². The predicted molar refractivity (Wildman–Crippen MR) is 121 cm³/mol. The molecule has 0 fully saturated rings. The molecule has 2 nitrogen and oxygen atoms in total. The van der Waals surface area contributed by atoms with Crippen LogP contribution in [-0.2, 0) is 6.42 Å². The van der Waals surface area contributed by atoms with Gasteiger partial charge in [0.05, 0.1) is 0 Å². The Hall–Kier alpha value is -2.48. The first kappa shape index (κ1) is 22.6. The molecule has 0 radical (unpaired) electrons. The number of aryl methyl sites for hydroxylation is 1. The first-order valence-electron chi connectivity index (χ1n) is 9.70. The molecule has 0 amide bonds. The lowest BCUT2D eigenvalue weighted by molar-refractivity contribution is 0.513. The number of aliphatic hydroxyl groups excluding tert-OH is 1. The van der Waals surface area contributed by atoms with Gasteiger partial charge in [-0.3, -0.25) is 0 Å². The summed E-state index contributed by atoms with van der Waals surface area (Å²) in [5.41, 5.74) is 4.66. The molecule has 0 bridgehead atoms. The third-order valence-corrected chi connectivity index (χ3v) is 4.68. The van der Waals surface area contributed by atoms with Crippen LogP contribution < -0.4 is 4.90 Å². The highest BCUT2D eigenvalue weighted by Gasteiger charge is 2.14. The van der Waals surface area contributed by atoms with Crippen LogP contribution in [0.3, 0.4) is 0 Å². The van der Waals surface area contributed by atoms with Crippen LogP contribution in [0.5, 0.6) is 0 Å². The van der Waals surface area contributed by atoms with E-state index >= 15 is 0 Å². The van der Waals surface area contributed by atoms with Gasteiger partial charge in [-0.15, -0.1) is 13.2 Å². The number of rotatable bonds is 7. The summed E-state index contributed by atoms with van der Waals surface area (Å²) in [5, 5.41) is 9.91. The minimum atomic E-state index is 0.101. The van der Waals surface area contributed by atoms with Crippen molar-refractivity contribution in [2.24, 2.45) is 5.41 Å². The van der Waals surface area contributed by atoms with Crippen molar-refractivity contribution in [3.63, 3.8) is 0 Å². The van der Waals surface area contributed by atoms with Gasteiger partial charge in [0.25, 0.3) is 0 Å². The summed E-state index contributed by atoms with van der Waals surface area (Å²) in [6.07, 6.45) is 13.0. The molecule has 2 rings (SSSR count). The highest BCUT2D eigenvalue weighted by atomic mass is 16.3. The van der Waals surface area contributed by atoms with Gasteiger partial charge in [0, 0.05) is 29.8 Å². The molecule has 0 atom stereocenters. The number of nitrogens with zero attached hydrogens (tertiary/aromatic N) is 1. The maximum atomic E-state index is 9.91. The van der Waals surface area contributed by atoms with Gasteiger partial charge >= 0.3 is 0 Å². The molecule has 1 aromatic rings. The summed E-state index contributed by atoms with van der Waals surface area (Å²) in [6.45, 7) is 20.3. The zero-order valence-electron chi connectivity index (χ0n) is 17.5. The van der Waals surface area contributed by atoms with E-state index in [1.165, 1.54) is 11.1 Å². The van der Waals surface area contributed by atoms with Crippen molar-refractivity contribution < 1.29 is 5.11 Å². The Morgan fingerprint density at radius 2 is 1.74 bits per heavy atom. The monoisotopic (exact) mass is 365 g/mol. The van der Waals surface area contributed by atoms with Crippen molar-refractivity contribution >= 4 is 11.4 Å². The number of anilines is 1. The Balaban J connectivity index is 0.00000176. The topological polar surface area (TPSA) is 23.5 Å². The summed E-state index contributed by atoms with van der Waals surface area (Å²) in [5.74, 6) is 0.135. The smallest absolute Gasteiger partial charge is 0.117 e. The molecule has 1 aromatic carbocycles. The fourth-order valence-electron chi connectivity index (χ4n) is 3.30. The third kappa shape index (κ3) is 6.63. The maximum Gasteiger partial charge on any atom is 0.117 e. The maximum absolute atomic E-state index is 9.91. The second kappa shape index (κ2) is 10.6. The van der Waals surface area contributed by atoms with Crippen LogP contribution >= 0.6 is 0 Å². The summed E-state index contributed by atoms with van der Waals surface area (Å²) in [6, 6.07) is 6.30. The van der Waals surface area contributed by atoms with Crippen LogP contribution in [-0.4, -0.2) is 18.2 Å². The van der Waals surface area contributed by atoms with E-state index in [9.17, 15) is 5.11 Å². The van der Waals surface area contributed by atoms with Crippen LogP contribution in [0.25, 0.3) is 5.76 Å². The lowest BCUT2D eigenvalue weighted by atomic mass is 9.90. The summed E-state index contributed by atoms with van der Waals surface area (Å²) in [4.78, 5) is 2.26. The van der Waals surface area contributed by atoms with Crippen molar-refractivity contribution in [1.29, 1.82) is 0 Å². The van der Waals surface area contributed by atoms with Gasteiger partial charge < -0.3 is 10.0 Å². The van der Waals surface area contributed by atoms with Crippen LogP contribution in [0.1, 0.15) is 45.2 Å². The Morgan fingerprint density at radius 3 is 2.33 bits per heavy atom. The number of aliphatic hydroxyl groups is 1. The van der Waals surface area contributed by atoms with E-state index in [4.69, 9.17) is 0 Å². The molecule has 0 aliphatic heterocycles. The summed E-state index contributed by atoms with van der Waals surface area (Å²) < 4.78 is 0. The van der Waals surface area contributed by atoms with E-state index in [2.05, 4.69) is 94.8 Å². The quantitative estimate of drug-likeness (QED) is 0.421. The lowest BCUT2D eigenvalue weighted by Crippen LogP contribution is -2.23. The molecule has 1 aliphatic rings. The Morgan fingerprint density at radius 1 is 1.07 bits per heavy atom. The van der Waals surface area contributed by atoms with Crippen molar-refractivity contribution in [3.05, 3.63) is 85.0 Å². The summed E-state index contributed by atoms with van der Waals surface area (Å²) in [7, 11) is 0. The molecule has 0 aromatic heterocycles. The molecule has 0 saturated carbocycles. The normalized spacial score (nSPS) is 14.6. The van der Waals surface area contributed by atoms with Crippen molar-refractivity contribution in [1.82, 2.24) is 0 Å². The molecule has 146 valence electrons. The first-order valence-corrected chi connectivity index (χ1v) is 9.70. The Bertz CT molecular complexity index is 718. The number of benzene rings is 1. The fourth-order valence-corrected chi connectivity index (χ4v) is 3.30. The standard InChI is InChI=1S/C23H31NO.C2H4/c1-6-24(7-2)22-16-19(13-14-21(22)18(3)25)11-12-20-10-8-9-15-23(4,5)17-20;1-2/h8-10,13-17,25H,3,6-7,11-12H2,1-2,4-5H3;1-2H2. The summed E-state index contributed by atoms with van der Waals surface area (Å²) >= 11 is 0. The van der Waals surface area contributed by atoms with E-state index in [1.807, 2.05) is 6.07 Å². The van der Waals surface area contributed by atoms with Crippen molar-refractivity contribution in [2.45, 2.75) is 40.5 Å². The molecule has 1 aliphatic carbocycles. The fraction of sp³-hybridized carbons (Fsp3) is 0.360. The molecule has 27 heavy (non-hydrogen) atoms. The second-order valence-corrected chi connectivity index (χ2v) is 7.23. The largest absolute Gasteiger partial charge is 0.508 e. The average molecular weight is 366 g/mol. The zero-order valence-corrected chi connectivity index (χ0v) is 17.5. The highest BCUT2D eigenvalue weighted by molar-refractivity contribution is 5.72. The Labute approximate surface area is 165 Å². The van der Waals surface area contributed by atoms with Crippen molar-refractivity contribution in [2.75, 3.05) is 18.0 Å². The number of hydrogen-bond acceptors (Lipinski definition) is 2. The van der Waals surface area contributed by atoms with Gasteiger partial charge in [-0.2, -0.15) is 0 Å². The minimum absolute atomic E-state index is 0.101. The highest BCUT2D eigenvalue weighted by Crippen LogP contribution is 2.29. The molecule has 0 spiro atoms. The van der Waals surface area contributed by atoms with Crippen LogP contribution in [0.4, 0.5) is 5.69 Å². The van der Waals surface area contributed by atoms with E-state index in [-0.39, 0.29) is 11.2 Å². The molecular weight excluding hydrogens is 330 g/mol. The number of hydrogen-bond donors (Lipinski definition) is 1.